The Kier molecular flexibility index (Phi) is 4.03. The molecule has 0 saturated heterocycles. The van der Waals surface area contributed by atoms with Crippen molar-refractivity contribution in [2.24, 2.45) is 5.41 Å². The van der Waals surface area contributed by atoms with E-state index in [1.54, 1.807) is 0 Å². The van der Waals surface area contributed by atoms with Gasteiger partial charge in [0.15, 0.2) is 0 Å². The number of hydrogen-bond acceptors (Lipinski definition) is 1. The van der Waals surface area contributed by atoms with Crippen LogP contribution in [-0.4, -0.2) is 5.11 Å². The molecular weight excluding hydrogens is 220 g/mol. The van der Waals surface area contributed by atoms with Crippen LogP contribution >= 0.6 is 11.6 Å². The fourth-order valence-electron chi connectivity index (χ4n) is 1.59. The van der Waals surface area contributed by atoms with Crippen LogP contribution in [0.3, 0.4) is 0 Å². The minimum absolute atomic E-state index is 0.239. The lowest BCUT2D eigenvalue weighted by Gasteiger charge is -2.28. The van der Waals surface area contributed by atoms with E-state index >= 15 is 0 Å². The highest BCUT2D eigenvalue weighted by molar-refractivity contribution is 6.30. The summed E-state index contributed by atoms with van der Waals surface area (Å²) >= 11 is 5.93. The van der Waals surface area contributed by atoms with Crippen LogP contribution < -0.4 is 0 Å². The van der Waals surface area contributed by atoms with Crippen molar-refractivity contribution in [2.75, 3.05) is 0 Å². The van der Waals surface area contributed by atoms with Crippen LogP contribution in [0.2, 0.25) is 5.02 Å². The molecular formula is C14H21ClO. The molecule has 0 aliphatic carbocycles. The Morgan fingerprint density at radius 1 is 1.12 bits per heavy atom. The van der Waals surface area contributed by atoms with Crippen molar-refractivity contribution >= 4 is 11.6 Å². The number of aliphatic hydroxyl groups is 1. The molecule has 0 radical (unpaired) electrons. The van der Waals surface area contributed by atoms with Crippen LogP contribution in [-0.2, 0) is 5.60 Å². The summed E-state index contributed by atoms with van der Waals surface area (Å²) in [5.41, 5.74) is 0.338. The highest BCUT2D eigenvalue weighted by atomic mass is 35.5. The van der Waals surface area contributed by atoms with Crippen molar-refractivity contribution < 1.29 is 5.11 Å². The van der Waals surface area contributed by atoms with Gasteiger partial charge in [-0.25, -0.2) is 0 Å². The quantitative estimate of drug-likeness (QED) is 0.832. The van der Waals surface area contributed by atoms with E-state index in [0.29, 0.717) is 5.02 Å². The fraction of sp³-hybridized carbons (Fsp3) is 0.571. The van der Waals surface area contributed by atoms with Gasteiger partial charge < -0.3 is 5.11 Å². The molecule has 0 amide bonds. The monoisotopic (exact) mass is 240 g/mol. The van der Waals surface area contributed by atoms with Gasteiger partial charge in [-0.3, -0.25) is 0 Å². The Balaban J connectivity index is 2.77. The molecule has 90 valence electrons. The van der Waals surface area contributed by atoms with Gasteiger partial charge in [0.2, 0.25) is 0 Å². The average Bonchev–Trinajstić information content (AvgIpc) is 2.14. The Morgan fingerprint density at radius 3 is 2.25 bits per heavy atom. The average molecular weight is 241 g/mol. The largest absolute Gasteiger partial charge is 0.385 e. The third kappa shape index (κ3) is 4.15. The second-order valence-electron chi connectivity index (χ2n) is 5.84. The minimum atomic E-state index is -0.793. The predicted molar refractivity (Wildman–Crippen MR) is 69.7 cm³/mol. The van der Waals surface area contributed by atoms with E-state index in [1.165, 1.54) is 0 Å². The maximum absolute atomic E-state index is 10.4. The smallest absolute Gasteiger partial charge is 0.0869 e. The lowest BCUT2D eigenvalue weighted by Crippen LogP contribution is -2.23. The number of rotatable bonds is 3. The van der Waals surface area contributed by atoms with Gasteiger partial charge in [-0.05, 0) is 42.9 Å². The van der Waals surface area contributed by atoms with Crippen LogP contribution in [0, 0.1) is 5.41 Å². The summed E-state index contributed by atoms with van der Waals surface area (Å²) < 4.78 is 0. The van der Waals surface area contributed by atoms with E-state index in [1.807, 2.05) is 31.2 Å². The van der Waals surface area contributed by atoms with Gasteiger partial charge in [0, 0.05) is 5.02 Å². The van der Waals surface area contributed by atoms with Gasteiger partial charge in [0.25, 0.3) is 0 Å². The Hall–Kier alpha value is -0.530. The molecule has 0 heterocycles. The van der Waals surface area contributed by atoms with Crippen molar-refractivity contribution in [3.63, 3.8) is 0 Å². The lowest BCUT2D eigenvalue weighted by molar-refractivity contribution is 0.0358. The number of halogens is 1. The molecule has 0 spiro atoms. The molecule has 0 saturated carbocycles. The van der Waals surface area contributed by atoms with E-state index in [-0.39, 0.29) is 5.41 Å². The molecule has 1 rings (SSSR count). The molecule has 0 fully saturated rings. The normalized spacial score (nSPS) is 15.9. The minimum Gasteiger partial charge on any atom is -0.385 e. The molecule has 1 N–H and O–H groups in total. The van der Waals surface area contributed by atoms with Crippen LogP contribution in [0.4, 0.5) is 0 Å². The highest BCUT2D eigenvalue weighted by Gasteiger charge is 2.25. The van der Waals surface area contributed by atoms with E-state index in [0.717, 1.165) is 18.4 Å². The summed E-state index contributed by atoms with van der Waals surface area (Å²) in [5, 5.41) is 11.1. The summed E-state index contributed by atoms with van der Waals surface area (Å²) in [7, 11) is 0. The van der Waals surface area contributed by atoms with Gasteiger partial charge in [-0.1, -0.05) is 44.5 Å². The molecule has 0 aliphatic rings. The van der Waals surface area contributed by atoms with Gasteiger partial charge >= 0.3 is 0 Å². The maximum atomic E-state index is 10.4. The van der Waals surface area contributed by atoms with E-state index in [9.17, 15) is 5.11 Å². The summed E-state index contributed by atoms with van der Waals surface area (Å²) in [4.78, 5) is 0. The van der Waals surface area contributed by atoms with Gasteiger partial charge in [0.1, 0.15) is 0 Å². The van der Waals surface area contributed by atoms with Crippen LogP contribution in [0.15, 0.2) is 24.3 Å². The molecule has 0 aromatic heterocycles. The van der Waals surface area contributed by atoms with Crippen LogP contribution in [0.1, 0.15) is 46.1 Å². The van der Waals surface area contributed by atoms with Crippen LogP contribution in [0.5, 0.6) is 0 Å². The van der Waals surface area contributed by atoms with E-state index in [2.05, 4.69) is 20.8 Å². The lowest BCUT2D eigenvalue weighted by atomic mass is 9.82. The molecule has 0 bridgehead atoms. The molecule has 1 aromatic carbocycles. The first-order valence-electron chi connectivity index (χ1n) is 5.69. The standard InChI is InChI=1S/C14H21ClO/c1-13(2,3)8-9-14(4,16)11-6-5-7-12(15)10-11/h5-7,10,16H,8-9H2,1-4H3. The molecule has 1 unspecified atom stereocenters. The summed E-state index contributed by atoms with van der Waals surface area (Å²) in [6.45, 7) is 8.40. The zero-order valence-corrected chi connectivity index (χ0v) is 11.3. The van der Waals surface area contributed by atoms with E-state index < -0.39 is 5.60 Å². The van der Waals surface area contributed by atoms with Gasteiger partial charge in [-0.15, -0.1) is 0 Å². The zero-order chi connectivity index (χ0) is 12.4. The molecule has 16 heavy (non-hydrogen) atoms. The fourth-order valence-corrected chi connectivity index (χ4v) is 1.78. The third-order valence-electron chi connectivity index (χ3n) is 2.81. The maximum Gasteiger partial charge on any atom is 0.0869 e. The Labute approximate surface area is 103 Å². The van der Waals surface area contributed by atoms with Crippen molar-refractivity contribution in [1.82, 2.24) is 0 Å². The second-order valence-corrected chi connectivity index (χ2v) is 6.28. The predicted octanol–water partition coefficient (Wildman–Crippen LogP) is 4.37. The van der Waals surface area contributed by atoms with Crippen LogP contribution in [0.25, 0.3) is 0 Å². The second kappa shape index (κ2) is 4.77. The van der Waals surface area contributed by atoms with E-state index in [4.69, 9.17) is 11.6 Å². The van der Waals surface area contributed by atoms with Crippen molar-refractivity contribution in [2.45, 2.75) is 46.1 Å². The van der Waals surface area contributed by atoms with Crippen molar-refractivity contribution in [3.05, 3.63) is 34.9 Å². The first-order chi connectivity index (χ1) is 7.21. The molecule has 1 atom stereocenters. The SMILES string of the molecule is CC(C)(C)CCC(C)(O)c1cccc(Cl)c1. The molecule has 0 aliphatic heterocycles. The Morgan fingerprint density at radius 2 is 1.75 bits per heavy atom. The van der Waals surface area contributed by atoms with Crippen molar-refractivity contribution in [1.29, 1.82) is 0 Å². The molecule has 1 nitrogen and oxygen atoms in total. The summed E-state index contributed by atoms with van der Waals surface area (Å²) in [6.07, 6.45) is 1.73. The highest BCUT2D eigenvalue weighted by Crippen LogP contribution is 2.32. The third-order valence-corrected chi connectivity index (χ3v) is 3.04. The van der Waals surface area contributed by atoms with Gasteiger partial charge in [0.05, 0.1) is 5.60 Å². The molecule has 1 aromatic rings. The zero-order valence-electron chi connectivity index (χ0n) is 10.5. The topological polar surface area (TPSA) is 20.2 Å². The Bertz CT molecular complexity index is 350. The number of hydrogen-bond donors (Lipinski definition) is 1. The first-order valence-corrected chi connectivity index (χ1v) is 6.07. The first kappa shape index (κ1) is 13.5. The van der Waals surface area contributed by atoms with Crippen molar-refractivity contribution in [3.8, 4) is 0 Å². The molecule has 2 heteroatoms. The summed E-state index contributed by atoms with van der Waals surface area (Å²) in [5.74, 6) is 0. The van der Waals surface area contributed by atoms with Gasteiger partial charge in [-0.2, -0.15) is 0 Å². The number of benzene rings is 1. The summed E-state index contributed by atoms with van der Waals surface area (Å²) in [6, 6.07) is 7.47.